The molecule has 1 atom stereocenters. The first kappa shape index (κ1) is 17.9. The van der Waals surface area contributed by atoms with Gasteiger partial charge < -0.3 is 14.5 Å². The lowest BCUT2D eigenvalue weighted by atomic mass is 10.00. The molecule has 0 N–H and O–H groups in total. The first-order chi connectivity index (χ1) is 13.1. The summed E-state index contributed by atoms with van der Waals surface area (Å²) in [6.45, 7) is 4.96. The van der Waals surface area contributed by atoms with Crippen molar-refractivity contribution in [3.8, 4) is 0 Å². The number of nitro groups is 1. The van der Waals surface area contributed by atoms with Gasteiger partial charge in [0.1, 0.15) is 5.69 Å². The number of morpholine rings is 1. The van der Waals surface area contributed by atoms with Crippen molar-refractivity contribution in [1.29, 1.82) is 0 Å². The highest BCUT2D eigenvalue weighted by Gasteiger charge is 2.30. The van der Waals surface area contributed by atoms with Crippen molar-refractivity contribution in [3.05, 3.63) is 55.8 Å². The molecule has 1 unspecified atom stereocenters. The van der Waals surface area contributed by atoms with Crippen molar-refractivity contribution in [2.45, 2.75) is 19.4 Å². The van der Waals surface area contributed by atoms with Crippen LogP contribution in [0.5, 0.6) is 0 Å². The molecule has 3 heterocycles. The molecule has 1 amide bonds. The number of rotatable bonds is 3. The summed E-state index contributed by atoms with van der Waals surface area (Å²) >= 11 is 1.72. The quantitative estimate of drug-likeness (QED) is 0.597. The minimum atomic E-state index is -0.405. The molecule has 27 heavy (non-hydrogen) atoms. The fraction of sp³-hybridized carbons (Fsp3) is 0.421. The molecule has 2 aliphatic heterocycles. The number of hydrogen-bond acceptors (Lipinski definition) is 6. The van der Waals surface area contributed by atoms with Gasteiger partial charge >= 0.3 is 0 Å². The molecule has 2 aliphatic rings. The summed E-state index contributed by atoms with van der Waals surface area (Å²) < 4.78 is 5.33. The van der Waals surface area contributed by atoms with Crippen molar-refractivity contribution in [1.82, 2.24) is 4.90 Å². The fourth-order valence-electron chi connectivity index (χ4n) is 3.83. The van der Waals surface area contributed by atoms with Crippen LogP contribution in [0.2, 0.25) is 0 Å². The Morgan fingerprint density at radius 3 is 2.78 bits per heavy atom. The normalized spacial score (nSPS) is 19.7. The van der Waals surface area contributed by atoms with Crippen LogP contribution < -0.4 is 4.90 Å². The zero-order valence-corrected chi connectivity index (χ0v) is 15.9. The van der Waals surface area contributed by atoms with Crippen molar-refractivity contribution >= 4 is 28.6 Å². The number of hydrogen-bond donors (Lipinski definition) is 0. The van der Waals surface area contributed by atoms with Gasteiger partial charge in [-0.3, -0.25) is 14.9 Å². The number of carbonyl (C=O) groups excluding carboxylic acids is 1. The first-order valence-electron chi connectivity index (χ1n) is 9.04. The minimum Gasteiger partial charge on any atom is -0.378 e. The molecule has 1 fully saturated rings. The SMILES string of the molecule is CC1c2ccsc2CCN1C(=O)c1ccc(N2CCOCC2)c([N+](=O)[O-])c1. The lowest BCUT2D eigenvalue weighted by molar-refractivity contribution is -0.384. The Morgan fingerprint density at radius 1 is 1.26 bits per heavy atom. The monoisotopic (exact) mass is 387 g/mol. The number of thiophene rings is 1. The van der Waals surface area contributed by atoms with Gasteiger partial charge in [0.15, 0.2) is 0 Å². The lowest BCUT2D eigenvalue weighted by Gasteiger charge is -2.34. The van der Waals surface area contributed by atoms with Crippen LogP contribution >= 0.6 is 11.3 Å². The fourth-order valence-corrected chi connectivity index (χ4v) is 4.79. The molecule has 0 radical (unpaired) electrons. The second-order valence-electron chi connectivity index (χ2n) is 6.78. The smallest absolute Gasteiger partial charge is 0.293 e. The van der Waals surface area contributed by atoms with E-state index in [1.54, 1.807) is 23.5 Å². The Labute approximate surface area is 161 Å². The van der Waals surface area contributed by atoms with Crippen LogP contribution in [0, 0.1) is 10.1 Å². The second kappa shape index (κ2) is 7.28. The third-order valence-corrected chi connectivity index (χ3v) is 6.31. The third-order valence-electron chi connectivity index (χ3n) is 5.31. The molecule has 2 aromatic rings. The molecule has 4 rings (SSSR count). The van der Waals surface area contributed by atoms with Gasteiger partial charge in [0.25, 0.3) is 11.6 Å². The number of benzene rings is 1. The number of carbonyl (C=O) groups is 1. The molecule has 0 saturated carbocycles. The van der Waals surface area contributed by atoms with E-state index in [9.17, 15) is 14.9 Å². The Balaban J connectivity index is 1.63. The van der Waals surface area contributed by atoms with Crippen LogP contribution in [0.25, 0.3) is 0 Å². The standard InChI is InChI=1S/C19H21N3O4S/c1-13-15-5-11-27-18(15)4-6-21(13)19(23)14-2-3-16(17(12-14)22(24)25)20-7-9-26-10-8-20/h2-3,5,11-13H,4,6-10H2,1H3. The molecular weight excluding hydrogens is 366 g/mol. The van der Waals surface area contributed by atoms with Crippen LogP contribution in [-0.4, -0.2) is 48.6 Å². The van der Waals surface area contributed by atoms with Gasteiger partial charge in [0, 0.05) is 36.1 Å². The Bertz CT molecular complexity index is 876. The molecule has 1 aromatic heterocycles. The van der Waals surface area contributed by atoms with Gasteiger partial charge in [0.05, 0.1) is 24.2 Å². The van der Waals surface area contributed by atoms with Gasteiger partial charge in [-0.2, -0.15) is 0 Å². The van der Waals surface area contributed by atoms with E-state index in [2.05, 4.69) is 11.4 Å². The molecule has 142 valence electrons. The van der Waals surface area contributed by atoms with E-state index >= 15 is 0 Å². The van der Waals surface area contributed by atoms with E-state index in [4.69, 9.17) is 4.74 Å². The number of nitro benzene ring substituents is 1. The Morgan fingerprint density at radius 2 is 2.04 bits per heavy atom. The van der Waals surface area contributed by atoms with Crippen molar-refractivity contribution in [2.75, 3.05) is 37.7 Å². The number of ether oxygens (including phenoxy) is 1. The largest absolute Gasteiger partial charge is 0.378 e. The number of nitrogens with zero attached hydrogens (tertiary/aromatic N) is 3. The average Bonchev–Trinajstić information content (AvgIpc) is 3.18. The number of fused-ring (bicyclic) bond motifs is 1. The highest BCUT2D eigenvalue weighted by Crippen LogP contribution is 2.35. The van der Waals surface area contributed by atoms with Crippen LogP contribution in [0.15, 0.2) is 29.6 Å². The van der Waals surface area contributed by atoms with Crippen LogP contribution in [0.3, 0.4) is 0 Å². The number of anilines is 1. The van der Waals surface area contributed by atoms with E-state index in [1.807, 2.05) is 16.7 Å². The van der Waals surface area contributed by atoms with E-state index in [-0.39, 0.29) is 17.6 Å². The first-order valence-corrected chi connectivity index (χ1v) is 9.92. The molecular formula is C19H21N3O4S. The average molecular weight is 387 g/mol. The van der Waals surface area contributed by atoms with E-state index in [0.29, 0.717) is 44.1 Å². The van der Waals surface area contributed by atoms with Crippen LogP contribution in [0.1, 0.15) is 33.8 Å². The molecule has 0 bridgehead atoms. The highest BCUT2D eigenvalue weighted by molar-refractivity contribution is 7.10. The van der Waals surface area contributed by atoms with E-state index in [0.717, 1.165) is 6.42 Å². The lowest BCUT2D eigenvalue weighted by Crippen LogP contribution is -2.38. The number of amides is 1. The van der Waals surface area contributed by atoms with Crippen molar-refractivity contribution in [3.63, 3.8) is 0 Å². The Kier molecular flexibility index (Phi) is 4.84. The van der Waals surface area contributed by atoms with E-state index in [1.165, 1.54) is 16.5 Å². The Hall–Kier alpha value is -2.45. The van der Waals surface area contributed by atoms with Gasteiger partial charge in [-0.15, -0.1) is 11.3 Å². The minimum absolute atomic E-state index is 0.0227. The summed E-state index contributed by atoms with van der Waals surface area (Å²) in [5.41, 5.74) is 2.07. The van der Waals surface area contributed by atoms with Gasteiger partial charge in [-0.25, -0.2) is 0 Å². The predicted molar refractivity (Wildman–Crippen MR) is 104 cm³/mol. The molecule has 1 aromatic carbocycles. The predicted octanol–water partition coefficient (Wildman–Crippen LogP) is 3.25. The van der Waals surface area contributed by atoms with Crippen LogP contribution in [0.4, 0.5) is 11.4 Å². The maximum absolute atomic E-state index is 13.1. The summed E-state index contributed by atoms with van der Waals surface area (Å²) in [5.74, 6) is -0.157. The van der Waals surface area contributed by atoms with Crippen molar-refractivity contribution < 1.29 is 14.5 Å². The third kappa shape index (κ3) is 3.30. The van der Waals surface area contributed by atoms with Crippen molar-refractivity contribution in [2.24, 2.45) is 0 Å². The zero-order chi connectivity index (χ0) is 19.0. The zero-order valence-electron chi connectivity index (χ0n) is 15.1. The maximum atomic E-state index is 13.1. The summed E-state index contributed by atoms with van der Waals surface area (Å²) in [7, 11) is 0. The second-order valence-corrected chi connectivity index (χ2v) is 7.78. The molecule has 0 aliphatic carbocycles. The van der Waals surface area contributed by atoms with Gasteiger partial charge in [-0.1, -0.05) is 0 Å². The molecule has 8 heteroatoms. The topological polar surface area (TPSA) is 75.9 Å². The summed E-state index contributed by atoms with van der Waals surface area (Å²) in [4.78, 5) is 29.4. The van der Waals surface area contributed by atoms with E-state index < -0.39 is 4.92 Å². The summed E-state index contributed by atoms with van der Waals surface area (Å²) in [6, 6.07) is 6.86. The molecule has 0 spiro atoms. The highest BCUT2D eigenvalue weighted by atomic mass is 32.1. The van der Waals surface area contributed by atoms with Gasteiger partial charge in [-0.05, 0) is 42.5 Å². The van der Waals surface area contributed by atoms with Crippen LogP contribution in [-0.2, 0) is 11.2 Å². The molecule has 7 nitrogen and oxygen atoms in total. The van der Waals surface area contributed by atoms with Gasteiger partial charge in [0.2, 0.25) is 0 Å². The maximum Gasteiger partial charge on any atom is 0.293 e. The summed E-state index contributed by atoms with van der Waals surface area (Å²) in [5, 5.41) is 13.7. The summed E-state index contributed by atoms with van der Waals surface area (Å²) in [6.07, 6.45) is 0.830. The molecule has 1 saturated heterocycles.